The van der Waals surface area contributed by atoms with Gasteiger partial charge in [-0.1, -0.05) is 44.2 Å². The molecule has 1 aromatic carbocycles. The highest BCUT2D eigenvalue weighted by atomic mass is 16.6. The van der Waals surface area contributed by atoms with Gasteiger partial charge in [0.2, 0.25) is 0 Å². The normalized spacial score (nSPS) is 12.0. The number of esters is 2. The molecule has 0 amide bonds. The van der Waals surface area contributed by atoms with Crippen molar-refractivity contribution < 1.29 is 19.1 Å². The van der Waals surface area contributed by atoms with Gasteiger partial charge >= 0.3 is 11.9 Å². The number of hydrogen-bond donors (Lipinski definition) is 0. The fourth-order valence-electron chi connectivity index (χ4n) is 2.04. The number of hydrogen-bond acceptors (Lipinski definition) is 5. The fraction of sp³-hybridized carbons (Fsp3) is 0.529. The molecule has 0 radical (unpaired) electrons. The Balaban J connectivity index is 2.46. The van der Waals surface area contributed by atoms with Gasteiger partial charge in [-0.15, -0.1) is 0 Å². The summed E-state index contributed by atoms with van der Waals surface area (Å²) in [5.74, 6) is -1.08. The van der Waals surface area contributed by atoms with Crippen molar-refractivity contribution in [2.45, 2.75) is 45.9 Å². The summed E-state index contributed by atoms with van der Waals surface area (Å²) in [6.45, 7) is 4.84. The molecule has 1 rings (SSSR count). The van der Waals surface area contributed by atoms with E-state index < -0.39 is 11.9 Å². The lowest BCUT2D eigenvalue weighted by molar-refractivity contribution is -0.164. The second-order valence-corrected chi connectivity index (χ2v) is 5.15. The van der Waals surface area contributed by atoms with Crippen molar-refractivity contribution in [3.8, 4) is 0 Å². The lowest BCUT2D eigenvalue weighted by Gasteiger charge is -2.26. The van der Waals surface area contributed by atoms with E-state index in [1.54, 1.807) is 0 Å². The summed E-state index contributed by atoms with van der Waals surface area (Å²) in [7, 11) is 1.89. The summed E-state index contributed by atoms with van der Waals surface area (Å²) < 4.78 is 10.3. The van der Waals surface area contributed by atoms with Gasteiger partial charge in [0.15, 0.2) is 6.23 Å². The van der Waals surface area contributed by atoms with E-state index in [4.69, 9.17) is 9.47 Å². The van der Waals surface area contributed by atoms with Crippen LogP contribution in [0.5, 0.6) is 0 Å². The molecule has 1 atom stereocenters. The first-order valence-electron chi connectivity index (χ1n) is 7.66. The highest BCUT2D eigenvalue weighted by Gasteiger charge is 2.20. The van der Waals surface area contributed by atoms with E-state index in [0.717, 1.165) is 12.0 Å². The van der Waals surface area contributed by atoms with E-state index in [1.165, 1.54) is 0 Å². The number of nitrogens with zero attached hydrogens (tertiary/aromatic N) is 1. The summed E-state index contributed by atoms with van der Waals surface area (Å²) in [6.07, 6.45) is 0.694. The van der Waals surface area contributed by atoms with Crippen LogP contribution in [0.25, 0.3) is 0 Å². The Morgan fingerprint density at radius 2 is 1.82 bits per heavy atom. The molecule has 0 heterocycles. The van der Waals surface area contributed by atoms with E-state index in [2.05, 4.69) is 0 Å². The zero-order valence-electron chi connectivity index (χ0n) is 13.6. The molecule has 0 aliphatic heterocycles. The Kier molecular flexibility index (Phi) is 8.22. The number of carbonyl (C=O) groups is 2. The van der Waals surface area contributed by atoms with Crippen molar-refractivity contribution in [3.63, 3.8) is 0 Å². The van der Waals surface area contributed by atoms with Crippen molar-refractivity contribution in [3.05, 3.63) is 35.9 Å². The van der Waals surface area contributed by atoms with Gasteiger partial charge in [-0.25, -0.2) is 0 Å². The molecule has 0 aromatic heterocycles. The monoisotopic (exact) mass is 307 g/mol. The zero-order chi connectivity index (χ0) is 16.4. The van der Waals surface area contributed by atoms with Gasteiger partial charge in [0.25, 0.3) is 0 Å². The molecule has 122 valence electrons. The Hall–Kier alpha value is -1.88. The van der Waals surface area contributed by atoms with Crippen LogP contribution in [-0.4, -0.2) is 36.7 Å². The second-order valence-electron chi connectivity index (χ2n) is 5.15. The van der Waals surface area contributed by atoms with E-state index in [1.807, 2.05) is 56.1 Å². The zero-order valence-corrected chi connectivity index (χ0v) is 13.6. The Bertz CT molecular complexity index is 461. The SMILES string of the molecule is CCCOC(=O)CC(=O)O[C@H](CC)N(C)Cc1ccccc1. The van der Waals surface area contributed by atoms with E-state index in [9.17, 15) is 9.59 Å². The Morgan fingerprint density at radius 1 is 1.14 bits per heavy atom. The smallest absolute Gasteiger partial charge is 0.318 e. The molecule has 0 N–H and O–H groups in total. The molecule has 0 bridgehead atoms. The Labute approximate surface area is 132 Å². The van der Waals surface area contributed by atoms with Crippen LogP contribution in [0.15, 0.2) is 30.3 Å². The largest absolute Gasteiger partial charge is 0.465 e. The van der Waals surface area contributed by atoms with Crippen molar-refractivity contribution >= 4 is 11.9 Å². The van der Waals surface area contributed by atoms with E-state index in [-0.39, 0.29) is 12.6 Å². The van der Waals surface area contributed by atoms with Crippen LogP contribution in [0.1, 0.15) is 38.7 Å². The van der Waals surface area contributed by atoms with Gasteiger partial charge < -0.3 is 9.47 Å². The summed E-state index contributed by atoms with van der Waals surface area (Å²) >= 11 is 0. The quantitative estimate of drug-likeness (QED) is 0.399. The third kappa shape index (κ3) is 6.72. The number of ether oxygens (including phenoxy) is 2. The third-order valence-corrected chi connectivity index (χ3v) is 3.14. The van der Waals surface area contributed by atoms with Crippen LogP contribution in [0, 0.1) is 0 Å². The first-order valence-corrected chi connectivity index (χ1v) is 7.66. The minimum atomic E-state index is -0.548. The summed E-state index contributed by atoms with van der Waals surface area (Å²) in [6, 6.07) is 9.95. The maximum absolute atomic E-state index is 11.8. The Morgan fingerprint density at radius 3 is 2.41 bits per heavy atom. The second kappa shape index (κ2) is 9.95. The molecule has 0 fully saturated rings. The highest BCUT2D eigenvalue weighted by molar-refractivity contribution is 5.91. The van der Waals surface area contributed by atoms with Crippen LogP contribution in [0.2, 0.25) is 0 Å². The standard InChI is InChI=1S/C17H25NO4/c1-4-11-21-16(19)12-17(20)22-15(5-2)18(3)13-14-9-7-6-8-10-14/h6-10,15H,4-5,11-13H2,1-3H3/t15-/m1/s1. The van der Waals surface area contributed by atoms with Gasteiger partial charge in [-0.3, -0.25) is 14.5 Å². The maximum atomic E-state index is 11.8. The van der Waals surface area contributed by atoms with Gasteiger partial charge in [0, 0.05) is 6.54 Å². The molecule has 1 aromatic rings. The van der Waals surface area contributed by atoms with Crippen molar-refractivity contribution in [2.75, 3.05) is 13.7 Å². The average Bonchev–Trinajstić information content (AvgIpc) is 2.51. The van der Waals surface area contributed by atoms with E-state index in [0.29, 0.717) is 19.6 Å². The molecular weight excluding hydrogens is 282 g/mol. The molecule has 0 saturated heterocycles. The molecular formula is C17H25NO4. The molecule has 0 aliphatic carbocycles. The van der Waals surface area contributed by atoms with Gasteiger partial charge in [-0.05, 0) is 25.5 Å². The predicted molar refractivity (Wildman–Crippen MR) is 83.9 cm³/mol. The highest BCUT2D eigenvalue weighted by Crippen LogP contribution is 2.11. The lowest BCUT2D eigenvalue weighted by Crippen LogP contribution is -2.35. The van der Waals surface area contributed by atoms with Crippen LogP contribution in [0.3, 0.4) is 0 Å². The van der Waals surface area contributed by atoms with Crippen molar-refractivity contribution in [1.82, 2.24) is 4.90 Å². The number of carbonyl (C=O) groups excluding carboxylic acids is 2. The molecule has 0 unspecified atom stereocenters. The van der Waals surface area contributed by atoms with Crippen molar-refractivity contribution in [1.29, 1.82) is 0 Å². The fourth-order valence-corrected chi connectivity index (χ4v) is 2.04. The summed E-state index contributed by atoms with van der Waals surface area (Å²) in [5, 5.41) is 0. The molecule has 5 nitrogen and oxygen atoms in total. The summed E-state index contributed by atoms with van der Waals surface area (Å²) in [4.78, 5) is 25.1. The van der Waals surface area contributed by atoms with Crippen LogP contribution in [0.4, 0.5) is 0 Å². The first kappa shape index (κ1) is 18.2. The van der Waals surface area contributed by atoms with Gasteiger partial charge in [0.1, 0.15) is 6.42 Å². The molecule has 0 spiro atoms. The van der Waals surface area contributed by atoms with Crippen LogP contribution >= 0.6 is 0 Å². The van der Waals surface area contributed by atoms with Gasteiger partial charge in [-0.2, -0.15) is 0 Å². The maximum Gasteiger partial charge on any atom is 0.318 e. The lowest BCUT2D eigenvalue weighted by atomic mass is 10.2. The minimum absolute atomic E-state index is 0.331. The minimum Gasteiger partial charge on any atom is -0.465 e. The molecule has 0 saturated carbocycles. The van der Waals surface area contributed by atoms with E-state index >= 15 is 0 Å². The number of rotatable bonds is 9. The first-order chi connectivity index (χ1) is 10.6. The average molecular weight is 307 g/mol. The molecule has 0 aliphatic rings. The van der Waals surface area contributed by atoms with Crippen LogP contribution < -0.4 is 0 Å². The summed E-state index contributed by atoms with van der Waals surface area (Å²) in [5.41, 5.74) is 1.14. The number of benzene rings is 1. The van der Waals surface area contributed by atoms with Crippen LogP contribution in [-0.2, 0) is 25.6 Å². The molecule has 5 heteroatoms. The predicted octanol–water partition coefficient (Wildman–Crippen LogP) is 2.74. The van der Waals surface area contributed by atoms with Gasteiger partial charge in [0.05, 0.1) is 6.61 Å². The van der Waals surface area contributed by atoms with Crippen molar-refractivity contribution in [2.24, 2.45) is 0 Å². The topological polar surface area (TPSA) is 55.8 Å². The third-order valence-electron chi connectivity index (χ3n) is 3.14. The molecule has 22 heavy (non-hydrogen) atoms.